The number of amidine groups is 1. The van der Waals surface area contributed by atoms with Crippen LogP contribution in [0.25, 0.3) is 0 Å². The molecule has 4 nitrogen and oxygen atoms in total. The van der Waals surface area contributed by atoms with Crippen molar-refractivity contribution in [2.24, 2.45) is 10.9 Å². The molecule has 0 heterocycles. The Kier molecular flexibility index (Phi) is 4.32. The molecule has 0 saturated heterocycles. The average molecular weight is 295 g/mol. The van der Waals surface area contributed by atoms with Crippen molar-refractivity contribution in [2.75, 3.05) is 5.32 Å². The molecule has 0 fully saturated rings. The summed E-state index contributed by atoms with van der Waals surface area (Å²) in [7, 11) is 0. The van der Waals surface area contributed by atoms with E-state index in [4.69, 9.17) is 10.9 Å². The van der Waals surface area contributed by atoms with E-state index in [1.807, 2.05) is 0 Å². The van der Waals surface area contributed by atoms with Gasteiger partial charge in [-0.1, -0.05) is 5.16 Å². The van der Waals surface area contributed by atoms with Crippen molar-refractivity contribution < 1.29 is 18.4 Å². The summed E-state index contributed by atoms with van der Waals surface area (Å²) in [5.41, 5.74) is 6.30. The summed E-state index contributed by atoms with van der Waals surface area (Å²) in [5, 5.41) is 14.1. The van der Waals surface area contributed by atoms with Crippen molar-refractivity contribution in [3.8, 4) is 0 Å². The van der Waals surface area contributed by atoms with Gasteiger partial charge < -0.3 is 16.3 Å². The topological polar surface area (TPSA) is 70.6 Å². The lowest BCUT2D eigenvalue weighted by Gasteiger charge is -2.09. The van der Waals surface area contributed by atoms with Gasteiger partial charge in [0.15, 0.2) is 5.84 Å². The summed E-state index contributed by atoms with van der Waals surface area (Å²) in [5.74, 6) is -2.22. The minimum absolute atomic E-state index is 0.117. The van der Waals surface area contributed by atoms with Crippen molar-refractivity contribution in [2.45, 2.75) is 6.54 Å². The molecule has 0 aliphatic heterocycles. The Morgan fingerprint density at radius 1 is 1.00 bits per heavy atom. The van der Waals surface area contributed by atoms with Gasteiger partial charge in [-0.15, -0.1) is 0 Å². The van der Waals surface area contributed by atoms with Gasteiger partial charge in [0, 0.05) is 23.9 Å². The second kappa shape index (κ2) is 6.17. The van der Waals surface area contributed by atoms with Crippen LogP contribution in [0.1, 0.15) is 11.1 Å². The van der Waals surface area contributed by atoms with E-state index in [-0.39, 0.29) is 23.6 Å². The van der Waals surface area contributed by atoms with Crippen molar-refractivity contribution in [1.82, 2.24) is 0 Å². The molecule has 0 aliphatic carbocycles. The van der Waals surface area contributed by atoms with Crippen LogP contribution in [0.3, 0.4) is 0 Å². The molecule has 0 amide bonds. The number of anilines is 1. The van der Waals surface area contributed by atoms with Crippen LogP contribution in [-0.2, 0) is 6.54 Å². The fourth-order valence-corrected chi connectivity index (χ4v) is 1.82. The van der Waals surface area contributed by atoms with Gasteiger partial charge in [0.1, 0.15) is 17.5 Å². The molecule has 4 N–H and O–H groups in total. The third kappa shape index (κ3) is 3.88. The van der Waals surface area contributed by atoms with E-state index in [1.165, 1.54) is 12.1 Å². The Balaban J connectivity index is 2.18. The first-order valence-corrected chi connectivity index (χ1v) is 5.95. The maximum Gasteiger partial charge on any atom is 0.170 e. The van der Waals surface area contributed by atoms with E-state index in [2.05, 4.69) is 10.5 Å². The normalized spacial score (nSPS) is 11.5. The zero-order valence-corrected chi connectivity index (χ0v) is 10.8. The molecule has 7 heteroatoms. The number of oxime groups is 1. The summed E-state index contributed by atoms with van der Waals surface area (Å²) >= 11 is 0. The van der Waals surface area contributed by atoms with Crippen molar-refractivity contribution in [3.63, 3.8) is 0 Å². The van der Waals surface area contributed by atoms with Gasteiger partial charge in [0.05, 0.1) is 0 Å². The van der Waals surface area contributed by atoms with Gasteiger partial charge >= 0.3 is 0 Å². The van der Waals surface area contributed by atoms with Gasteiger partial charge in [0.2, 0.25) is 0 Å². The average Bonchev–Trinajstić information content (AvgIpc) is 2.42. The highest BCUT2D eigenvalue weighted by Gasteiger charge is 2.06. The summed E-state index contributed by atoms with van der Waals surface area (Å²) in [4.78, 5) is 0. The number of nitrogens with two attached hydrogens (primary N) is 1. The fourth-order valence-electron chi connectivity index (χ4n) is 1.82. The highest BCUT2D eigenvalue weighted by atomic mass is 19.1. The van der Waals surface area contributed by atoms with Gasteiger partial charge in [-0.05, 0) is 35.9 Å². The number of nitrogens with one attached hydrogen (secondary N) is 1. The van der Waals surface area contributed by atoms with Gasteiger partial charge in [-0.25, -0.2) is 13.2 Å². The first kappa shape index (κ1) is 14.7. The Labute approximate surface area is 118 Å². The molecule has 110 valence electrons. The van der Waals surface area contributed by atoms with E-state index >= 15 is 0 Å². The smallest absolute Gasteiger partial charge is 0.170 e. The van der Waals surface area contributed by atoms with Gasteiger partial charge in [-0.2, -0.15) is 0 Å². The maximum absolute atomic E-state index is 13.4. The molecule has 2 rings (SSSR count). The monoisotopic (exact) mass is 295 g/mol. The van der Waals surface area contributed by atoms with Crippen LogP contribution in [0.4, 0.5) is 18.9 Å². The summed E-state index contributed by atoms with van der Waals surface area (Å²) in [6.07, 6.45) is 0. The van der Waals surface area contributed by atoms with E-state index in [0.717, 1.165) is 24.3 Å². The molecule has 0 spiro atoms. The fraction of sp³-hybridized carbons (Fsp3) is 0.0714. The van der Waals surface area contributed by atoms with E-state index < -0.39 is 17.5 Å². The first-order valence-electron chi connectivity index (χ1n) is 5.95. The lowest BCUT2D eigenvalue weighted by atomic mass is 10.1. The van der Waals surface area contributed by atoms with Crippen molar-refractivity contribution >= 4 is 11.5 Å². The summed E-state index contributed by atoms with van der Waals surface area (Å²) in [6, 6.07) is 6.83. The number of rotatable bonds is 4. The molecule has 0 atom stereocenters. The molecule has 0 aromatic heterocycles. The van der Waals surface area contributed by atoms with Crippen LogP contribution < -0.4 is 11.1 Å². The molecular formula is C14H12F3N3O. The predicted molar refractivity (Wildman–Crippen MR) is 72.6 cm³/mol. The standard InChI is InChI=1S/C14H12F3N3O/c15-10-2-8(1-9(3-10)14(18)20-21)7-19-13-5-11(16)4-12(17)6-13/h1-6,19,21H,7H2,(H2,18,20). The number of halogens is 3. The van der Waals surface area contributed by atoms with Gasteiger partial charge in [0.25, 0.3) is 0 Å². The third-order valence-electron chi connectivity index (χ3n) is 2.72. The minimum Gasteiger partial charge on any atom is -0.409 e. The van der Waals surface area contributed by atoms with E-state index in [0.29, 0.717) is 5.56 Å². The molecule has 0 unspecified atom stereocenters. The van der Waals surface area contributed by atoms with Crippen LogP contribution in [-0.4, -0.2) is 11.0 Å². The quantitative estimate of drug-likeness (QED) is 0.351. The zero-order chi connectivity index (χ0) is 15.4. The second-order valence-corrected chi connectivity index (χ2v) is 4.35. The molecule has 0 aliphatic rings. The van der Waals surface area contributed by atoms with Gasteiger partial charge in [-0.3, -0.25) is 0 Å². The maximum atomic E-state index is 13.4. The Bertz CT molecular complexity index is 669. The minimum atomic E-state index is -0.714. The van der Waals surface area contributed by atoms with Crippen LogP contribution in [0, 0.1) is 17.5 Å². The third-order valence-corrected chi connectivity index (χ3v) is 2.72. The van der Waals surface area contributed by atoms with Crippen LogP contribution in [0.15, 0.2) is 41.6 Å². The lowest BCUT2D eigenvalue weighted by molar-refractivity contribution is 0.318. The van der Waals surface area contributed by atoms with Crippen LogP contribution >= 0.6 is 0 Å². The highest BCUT2D eigenvalue weighted by molar-refractivity contribution is 5.97. The predicted octanol–water partition coefficient (Wildman–Crippen LogP) is 2.81. The van der Waals surface area contributed by atoms with Crippen molar-refractivity contribution in [1.29, 1.82) is 0 Å². The number of hydrogen-bond acceptors (Lipinski definition) is 3. The number of nitrogens with zero attached hydrogens (tertiary/aromatic N) is 1. The van der Waals surface area contributed by atoms with E-state index in [9.17, 15) is 13.2 Å². The second-order valence-electron chi connectivity index (χ2n) is 4.35. The van der Waals surface area contributed by atoms with Crippen LogP contribution in [0.2, 0.25) is 0 Å². The molecule has 0 radical (unpaired) electrons. The molecule has 2 aromatic carbocycles. The number of benzene rings is 2. The van der Waals surface area contributed by atoms with Crippen molar-refractivity contribution in [3.05, 3.63) is 65.0 Å². The molecular weight excluding hydrogens is 283 g/mol. The van der Waals surface area contributed by atoms with E-state index in [1.54, 1.807) is 0 Å². The highest BCUT2D eigenvalue weighted by Crippen LogP contribution is 2.15. The summed E-state index contributed by atoms with van der Waals surface area (Å²) in [6.45, 7) is 0.117. The Morgan fingerprint density at radius 3 is 2.24 bits per heavy atom. The molecule has 0 bridgehead atoms. The SMILES string of the molecule is N/C(=N/O)c1cc(F)cc(CNc2cc(F)cc(F)c2)c1. The Morgan fingerprint density at radius 2 is 1.62 bits per heavy atom. The van der Waals surface area contributed by atoms with Crippen LogP contribution in [0.5, 0.6) is 0 Å². The zero-order valence-electron chi connectivity index (χ0n) is 10.8. The number of hydrogen-bond donors (Lipinski definition) is 3. The lowest BCUT2D eigenvalue weighted by Crippen LogP contribution is -2.14. The summed E-state index contributed by atoms with van der Waals surface area (Å²) < 4.78 is 39.5. The largest absolute Gasteiger partial charge is 0.409 e. The first-order chi connectivity index (χ1) is 9.97. The molecule has 21 heavy (non-hydrogen) atoms. The molecule has 2 aromatic rings. The Hall–Kier alpha value is -2.70. The molecule has 0 saturated carbocycles.